The predicted molar refractivity (Wildman–Crippen MR) is 342 cm³/mol. The molecule has 0 bridgehead atoms. The number of aromatic nitrogens is 2. The second-order valence-corrected chi connectivity index (χ2v) is 21.9. The first kappa shape index (κ1) is 46.2. The Hall–Kier alpha value is -10.7. The van der Waals surface area contributed by atoms with Crippen LogP contribution in [0.15, 0.2) is 309 Å². The zero-order valence-electron chi connectivity index (χ0n) is 44.8. The molecule has 0 N–H and O–H groups in total. The van der Waals surface area contributed by atoms with Crippen LogP contribution in [0, 0.1) is 0 Å². The predicted octanol–water partition coefficient (Wildman–Crippen LogP) is 20.7. The van der Waals surface area contributed by atoms with Gasteiger partial charge in [-0.2, -0.15) is 0 Å². The maximum atomic E-state index is 2.41. The van der Waals surface area contributed by atoms with Gasteiger partial charge in [0.25, 0.3) is 0 Å². The van der Waals surface area contributed by atoms with Crippen LogP contribution in [0.2, 0.25) is 0 Å². The van der Waals surface area contributed by atoms with Crippen molar-refractivity contribution >= 4 is 60.7 Å². The molecule has 0 saturated heterocycles. The van der Waals surface area contributed by atoms with E-state index in [2.05, 4.69) is 323 Å². The average molecular weight is 1040 g/mol. The highest BCUT2D eigenvalue weighted by Gasteiger charge is 2.52. The summed E-state index contributed by atoms with van der Waals surface area (Å²) in [5.74, 6) is 0. The van der Waals surface area contributed by atoms with E-state index in [0.717, 1.165) is 28.4 Å². The van der Waals surface area contributed by atoms with Crippen molar-refractivity contribution in [3.05, 3.63) is 332 Å². The molecule has 0 radical (unpaired) electrons. The first-order valence-corrected chi connectivity index (χ1v) is 28.4. The molecule has 2 heterocycles. The summed E-state index contributed by atoms with van der Waals surface area (Å²) in [4.78, 5) is 2.41. The summed E-state index contributed by atoms with van der Waals surface area (Å²) in [5.41, 5.74) is 27.7. The van der Waals surface area contributed by atoms with E-state index in [-0.39, 0.29) is 0 Å². The Morgan fingerprint density at radius 3 is 1.00 bits per heavy atom. The van der Waals surface area contributed by atoms with Gasteiger partial charge in [0.2, 0.25) is 0 Å². The van der Waals surface area contributed by atoms with Crippen LogP contribution in [0.25, 0.3) is 111 Å². The highest BCUT2D eigenvalue weighted by Crippen LogP contribution is 2.64. The highest BCUT2D eigenvalue weighted by molar-refractivity contribution is 6.17. The van der Waals surface area contributed by atoms with Crippen molar-refractivity contribution in [2.24, 2.45) is 0 Å². The molecule has 0 amide bonds. The van der Waals surface area contributed by atoms with Gasteiger partial charge in [-0.25, -0.2) is 0 Å². The topological polar surface area (TPSA) is 13.1 Å². The lowest BCUT2D eigenvalue weighted by molar-refractivity contribution is 0.796. The molecule has 17 rings (SSSR count). The summed E-state index contributed by atoms with van der Waals surface area (Å²) in [6.45, 7) is 0. The maximum absolute atomic E-state index is 2.41. The van der Waals surface area contributed by atoms with E-state index in [4.69, 9.17) is 0 Å². The van der Waals surface area contributed by atoms with Crippen LogP contribution >= 0.6 is 0 Å². The number of benzene rings is 13. The Kier molecular flexibility index (Phi) is 10.2. The molecule has 0 unspecified atom stereocenters. The van der Waals surface area contributed by atoms with Crippen LogP contribution in [0.1, 0.15) is 22.3 Å². The first-order valence-electron chi connectivity index (χ1n) is 28.4. The van der Waals surface area contributed by atoms with Crippen LogP contribution < -0.4 is 4.90 Å². The van der Waals surface area contributed by atoms with Crippen molar-refractivity contribution < 1.29 is 0 Å². The van der Waals surface area contributed by atoms with Crippen molar-refractivity contribution in [3.63, 3.8) is 0 Å². The molecular weight excluding hydrogens is 991 g/mol. The molecule has 2 aliphatic carbocycles. The minimum atomic E-state index is -0.453. The normalized spacial score (nSPS) is 12.7. The number of para-hydroxylation sites is 4. The zero-order valence-corrected chi connectivity index (χ0v) is 44.8. The minimum Gasteiger partial charge on any atom is -0.311 e. The fourth-order valence-corrected chi connectivity index (χ4v) is 14.4. The summed E-state index contributed by atoms with van der Waals surface area (Å²) in [6.07, 6.45) is 0. The van der Waals surface area contributed by atoms with Gasteiger partial charge in [-0.05, 0) is 163 Å². The molecule has 0 atom stereocenters. The third kappa shape index (κ3) is 6.65. The van der Waals surface area contributed by atoms with Crippen LogP contribution in [0.3, 0.4) is 0 Å². The van der Waals surface area contributed by atoms with Gasteiger partial charge in [-0.3, -0.25) is 0 Å². The van der Waals surface area contributed by atoms with E-state index in [1.807, 2.05) is 0 Å². The Bertz CT molecular complexity index is 4740. The molecule has 382 valence electrons. The molecule has 13 aromatic carbocycles. The second-order valence-electron chi connectivity index (χ2n) is 21.9. The number of nitrogens with zero attached hydrogens (tertiary/aromatic N) is 3. The Morgan fingerprint density at radius 2 is 0.549 bits per heavy atom. The molecule has 82 heavy (non-hydrogen) atoms. The summed E-state index contributed by atoms with van der Waals surface area (Å²) in [5, 5.41) is 4.98. The maximum Gasteiger partial charge on any atom is 0.0731 e. The molecular formula is C79H51N3. The largest absolute Gasteiger partial charge is 0.311 e. The highest BCUT2D eigenvalue weighted by atomic mass is 15.1. The number of anilines is 3. The molecule has 0 saturated carbocycles. The third-order valence-electron chi connectivity index (χ3n) is 17.7. The van der Waals surface area contributed by atoms with Crippen molar-refractivity contribution in [2.75, 3.05) is 4.90 Å². The summed E-state index contributed by atoms with van der Waals surface area (Å²) in [7, 11) is 0. The average Bonchev–Trinajstić information content (AvgIpc) is 1.87. The molecule has 2 aromatic heterocycles. The van der Waals surface area contributed by atoms with Crippen LogP contribution in [0.4, 0.5) is 17.1 Å². The SMILES string of the molecule is c1ccc(-n2c3ccccc3c3c(-c4ccc(N(c5ccc(-c6cccc7c6C6(c8ccccc8-c8ccccc86)c6ccccc6-7)cc5)c5ccc(-c6cccc7c6c6ccccc6n7-c6ccccc6)cc5)cc4)cccc32)cc1. The number of fused-ring (bicyclic) bond motifs is 16. The lowest BCUT2D eigenvalue weighted by atomic mass is 9.68. The van der Waals surface area contributed by atoms with Crippen LogP contribution in [-0.2, 0) is 5.41 Å². The second kappa shape index (κ2) is 18.2. The third-order valence-corrected chi connectivity index (χ3v) is 17.7. The van der Waals surface area contributed by atoms with Gasteiger partial charge in [-0.15, -0.1) is 0 Å². The molecule has 15 aromatic rings. The van der Waals surface area contributed by atoms with Gasteiger partial charge in [0, 0.05) is 50.0 Å². The summed E-state index contributed by atoms with van der Waals surface area (Å²) in [6, 6.07) is 114. The van der Waals surface area contributed by atoms with E-state index in [0.29, 0.717) is 0 Å². The molecule has 2 aliphatic rings. The number of hydrogen-bond acceptors (Lipinski definition) is 1. The van der Waals surface area contributed by atoms with Crippen molar-refractivity contribution in [1.29, 1.82) is 0 Å². The summed E-state index contributed by atoms with van der Waals surface area (Å²) < 4.78 is 4.79. The van der Waals surface area contributed by atoms with Gasteiger partial charge >= 0.3 is 0 Å². The van der Waals surface area contributed by atoms with Gasteiger partial charge < -0.3 is 14.0 Å². The number of rotatable bonds is 8. The first-order chi connectivity index (χ1) is 40.7. The fraction of sp³-hybridized carbons (Fsp3) is 0.0127. The monoisotopic (exact) mass is 1040 g/mol. The quantitative estimate of drug-likeness (QED) is 0.148. The van der Waals surface area contributed by atoms with Gasteiger partial charge in [-0.1, -0.05) is 224 Å². The smallest absolute Gasteiger partial charge is 0.0731 e. The molecule has 0 fully saturated rings. The van der Waals surface area contributed by atoms with Crippen molar-refractivity contribution in [2.45, 2.75) is 5.41 Å². The molecule has 3 heteroatoms. The molecule has 0 aliphatic heterocycles. The van der Waals surface area contributed by atoms with E-state index in [1.165, 1.54) is 122 Å². The lowest BCUT2D eigenvalue weighted by Crippen LogP contribution is -2.26. The van der Waals surface area contributed by atoms with Gasteiger partial charge in [0.05, 0.1) is 27.5 Å². The van der Waals surface area contributed by atoms with E-state index in [9.17, 15) is 0 Å². The Balaban J connectivity index is 0.813. The zero-order chi connectivity index (χ0) is 53.9. The van der Waals surface area contributed by atoms with Gasteiger partial charge in [0.1, 0.15) is 0 Å². The minimum absolute atomic E-state index is 0.453. The molecule has 3 nitrogen and oxygen atoms in total. The lowest BCUT2D eigenvalue weighted by Gasteiger charge is -2.32. The number of hydrogen-bond donors (Lipinski definition) is 0. The Morgan fingerprint density at radius 1 is 0.232 bits per heavy atom. The van der Waals surface area contributed by atoms with Crippen LogP contribution in [-0.4, -0.2) is 9.13 Å². The fourth-order valence-electron chi connectivity index (χ4n) is 14.4. The van der Waals surface area contributed by atoms with Crippen molar-refractivity contribution in [1.82, 2.24) is 9.13 Å². The van der Waals surface area contributed by atoms with Crippen LogP contribution in [0.5, 0.6) is 0 Å². The molecule has 1 spiro atoms. The summed E-state index contributed by atoms with van der Waals surface area (Å²) >= 11 is 0. The Labute approximate surface area is 476 Å². The standard InChI is InChI=1S/C79H51N3/c1-3-20-55(21-4-1)81-72-36-15-10-27-67(72)76-60(29-18-38-74(76)81)52-40-46-57(47-41-52)80(58-48-42-53(43-49-58)61-30-19-39-75-77(61)68-28-11-16-37-73(68)82(75)56-22-5-2-6-23-56)59-50-44-54(45-51-59)62-31-17-32-66-65-26-9-14-35-71(65)79(78(62)66)69-33-12-7-24-63(69)64-25-8-13-34-70(64)79/h1-51H. The van der Waals surface area contributed by atoms with Crippen molar-refractivity contribution in [3.8, 4) is 67.0 Å². The van der Waals surface area contributed by atoms with Gasteiger partial charge in [0.15, 0.2) is 0 Å². The van der Waals surface area contributed by atoms with E-state index < -0.39 is 5.41 Å². The van der Waals surface area contributed by atoms with E-state index >= 15 is 0 Å². The van der Waals surface area contributed by atoms with E-state index in [1.54, 1.807) is 0 Å².